The molecule has 8 heteroatoms. The molecule has 1 aliphatic heterocycles. The summed E-state index contributed by atoms with van der Waals surface area (Å²) in [6, 6.07) is 18.9. The van der Waals surface area contributed by atoms with Gasteiger partial charge in [0, 0.05) is 17.1 Å². The Kier molecular flexibility index (Phi) is 6.10. The predicted octanol–water partition coefficient (Wildman–Crippen LogP) is 4.65. The van der Waals surface area contributed by atoms with Crippen LogP contribution in [0.2, 0.25) is 5.02 Å². The van der Waals surface area contributed by atoms with Crippen molar-refractivity contribution in [1.82, 2.24) is 10.3 Å². The van der Waals surface area contributed by atoms with Crippen LogP contribution in [0.25, 0.3) is 10.9 Å². The Morgan fingerprint density at radius 3 is 2.68 bits per heavy atom. The molecule has 4 aromatic rings. The number of phenolic OH excluding ortho intramolecular Hbond substituents is 1. The van der Waals surface area contributed by atoms with E-state index >= 15 is 0 Å². The van der Waals surface area contributed by atoms with Gasteiger partial charge in [-0.05, 0) is 48.0 Å². The number of carbonyl (C=O) groups is 1. The first-order valence-electron chi connectivity index (χ1n) is 10.7. The number of aromatic hydroxyl groups is 1. The third-order valence-electron chi connectivity index (χ3n) is 5.47. The van der Waals surface area contributed by atoms with Gasteiger partial charge in [-0.2, -0.15) is 0 Å². The molecular formula is C26H21ClN2O5. The van der Waals surface area contributed by atoms with Crippen molar-refractivity contribution in [3.8, 4) is 23.0 Å². The fourth-order valence-electron chi connectivity index (χ4n) is 3.87. The van der Waals surface area contributed by atoms with Crippen molar-refractivity contribution >= 4 is 28.4 Å². The van der Waals surface area contributed by atoms with Gasteiger partial charge < -0.3 is 24.6 Å². The molecule has 2 heterocycles. The van der Waals surface area contributed by atoms with Crippen molar-refractivity contribution in [3.05, 3.63) is 89.1 Å². The summed E-state index contributed by atoms with van der Waals surface area (Å²) in [5, 5.41) is 15.1. The number of carbonyl (C=O) groups excluding carboxylic acids is 1. The van der Waals surface area contributed by atoms with E-state index in [0.717, 1.165) is 0 Å². The van der Waals surface area contributed by atoms with Crippen LogP contribution in [-0.4, -0.2) is 35.8 Å². The summed E-state index contributed by atoms with van der Waals surface area (Å²) >= 11 is 6.53. The van der Waals surface area contributed by atoms with E-state index in [1.165, 1.54) is 0 Å². The lowest BCUT2D eigenvalue weighted by molar-refractivity contribution is -0.123. The maximum Gasteiger partial charge on any atom is 0.258 e. The molecule has 1 amide bonds. The van der Waals surface area contributed by atoms with Gasteiger partial charge in [-0.25, -0.2) is 0 Å². The molecule has 0 saturated heterocycles. The van der Waals surface area contributed by atoms with Crippen LogP contribution >= 0.6 is 11.6 Å². The second kappa shape index (κ2) is 9.49. The summed E-state index contributed by atoms with van der Waals surface area (Å²) in [7, 11) is 0. The number of hydrogen-bond acceptors (Lipinski definition) is 6. The minimum Gasteiger partial charge on any atom is -0.505 e. The quantitative estimate of drug-likeness (QED) is 0.421. The molecule has 1 atom stereocenters. The minimum atomic E-state index is -0.744. The zero-order valence-corrected chi connectivity index (χ0v) is 18.8. The zero-order valence-electron chi connectivity index (χ0n) is 18.0. The van der Waals surface area contributed by atoms with Gasteiger partial charge >= 0.3 is 0 Å². The molecule has 34 heavy (non-hydrogen) atoms. The lowest BCUT2D eigenvalue weighted by Gasteiger charge is -2.24. The van der Waals surface area contributed by atoms with Crippen molar-refractivity contribution in [2.24, 2.45) is 0 Å². The Hall–Kier alpha value is -3.97. The van der Waals surface area contributed by atoms with Crippen LogP contribution in [0.4, 0.5) is 0 Å². The second-order valence-corrected chi connectivity index (χ2v) is 8.11. The smallest absolute Gasteiger partial charge is 0.258 e. The molecule has 1 aromatic heterocycles. The molecule has 5 rings (SSSR count). The highest BCUT2D eigenvalue weighted by molar-refractivity contribution is 6.35. The second-order valence-electron chi connectivity index (χ2n) is 7.70. The molecule has 0 spiro atoms. The average Bonchev–Trinajstić information content (AvgIpc) is 2.89. The number of fused-ring (bicyclic) bond motifs is 2. The number of hydrogen-bond donors (Lipinski definition) is 2. The van der Waals surface area contributed by atoms with Crippen LogP contribution in [0.5, 0.6) is 23.0 Å². The van der Waals surface area contributed by atoms with Crippen molar-refractivity contribution in [2.75, 3.05) is 19.8 Å². The van der Waals surface area contributed by atoms with Crippen LogP contribution in [-0.2, 0) is 4.79 Å². The third kappa shape index (κ3) is 4.43. The van der Waals surface area contributed by atoms with E-state index in [4.69, 9.17) is 25.8 Å². The molecule has 0 aliphatic carbocycles. The number of para-hydroxylation sites is 1. The molecule has 1 aliphatic rings. The van der Waals surface area contributed by atoms with E-state index in [2.05, 4.69) is 10.3 Å². The summed E-state index contributed by atoms with van der Waals surface area (Å²) < 4.78 is 16.9. The fourth-order valence-corrected chi connectivity index (χ4v) is 4.14. The van der Waals surface area contributed by atoms with E-state index in [-0.39, 0.29) is 18.3 Å². The SMILES string of the molecule is O=C(COc1ccccc1)NC(c1ccc2c(c1)OCCO2)c1cc(Cl)c2cccnc2c1O. The number of nitrogens with zero attached hydrogens (tertiary/aromatic N) is 1. The van der Waals surface area contributed by atoms with Crippen molar-refractivity contribution in [1.29, 1.82) is 0 Å². The van der Waals surface area contributed by atoms with Crippen LogP contribution in [0.15, 0.2) is 72.9 Å². The first-order chi connectivity index (χ1) is 16.6. The highest BCUT2D eigenvalue weighted by Crippen LogP contribution is 2.40. The summed E-state index contributed by atoms with van der Waals surface area (Å²) in [4.78, 5) is 17.2. The number of nitrogens with one attached hydrogen (secondary N) is 1. The standard InChI is InChI=1S/C26H21ClN2O5/c27-20-14-19(26(31)25-18(20)7-4-10-28-25)24(16-8-9-21-22(13-16)33-12-11-32-21)29-23(30)15-34-17-5-2-1-3-6-17/h1-10,13-14,24,31H,11-12,15H2,(H,29,30). The number of aromatic nitrogens is 1. The molecular weight excluding hydrogens is 456 g/mol. The topological polar surface area (TPSA) is 89.9 Å². The average molecular weight is 477 g/mol. The molecule has 0 radical (unpaired) electrons. The number of benzene rings is 3. The normalized spacial score (nSPS) is 13.3. The number of pyridine rings is 1. The Balaban J connectivity index is 1.52. The van der Waals surface area contributed by atoms with E-state index in [1.54, 1.807) is 48.7 Å². The van der Waals surface area contributed by atoms with Gasteiger partial charge in [-0.3, -0.25) is 9.78 Å². The highest BCUT2D eigenvalue weighted by atomic mass is 35.5. The van der Waals surface area contributed by atoms with Gasteiger partial charge in [-0.15, -0.1) is 0 Å². The Labute approximate surface area is 200 Å². The molecule has 7 nitrogen and oxygen atoms in total. The highest BCUT2D eigenvalue weighted by Gasteiger charge is 2.25. The Bertz CT molecular complexity index is 1350. The van der Waals surface area contributed by atoms with Crippen molar-refractivity contribution in [3.63, 3.8) is 0 Å². The van der Waals surface area contributed by atoms with Gasteiger partial charge in [-0.1, -0.05) is 35.9 Å². The van der Waals surface area contributed by atoms with Crippen molar-refractivity contribution in [2.45, 2.75) is 6.04 Å². The first-order valence-corrected chi connectivity index (χ1v) is 11.1. The number of amides is 1. The fraction of sp³-hybridized carbons (Fsp3) is 0.154. The third-order valence-corrected chi connectivity index (χ3v) is 5.79. The monoisotopic (exact) mass is 476 g/mol. The van der Waals surface area contributed by atoms with Gasteiger partial charge in [0.2, 0.25) is 0 Å². The Morgan fingerprint density at radius 1 is 1.06 bits per heavy atom. The van der Waals surface area contributed by atoms with Crippen LogP contribution in [0.3, 0.4) is 0 Å². The van der Waals surface area contributed by atoms with Crippen LogP contribution < -0.4 is 19.5 Å². The maximum absolute atomic E-state index is 12.9. The summed E-state index contributed by atoms with van der Waals surface area (Å²) in [5.74, 6) is 1.32. The Morgan fingerprint density at radius 2 is 1.85 bits per heavy atom. The number of halogens is 1. The minimum absolute atomic E-state index is 0.0656. The molecule has 1 unspecified atom stereocenters. The van der Waals surface area contributed by atoms with Crippen LogP contribution in [0.1, 0.15) is 17.2 Å². The summed E-state index contributed by atoms with van der Waals surface area (Å²) in [5.41, 5.74) is 1.43. The van der Waals surface area contributed by atoms with E-state index < -0.39 is 6.04 Å². The largest absolute Gasteiger partial charge is 0.505 e. The van der Waals surface area contributed by atoms with Gasteiger partial charge in [0.25, 0.3) is 5.91 Å². The zero-order chi connectivity index (χ0) is 23.5. The predicted molar refractivity (Wildman–Crippen MR) is 128 cm³/mol. The van der Waals surface area contributed by atoms with E-state index in [0.29, 0.717) is 57.5 Å². The van der Waals surface area contributed by atoms with Gasteiger partial charge in [0.05, 0.1) is 11.1 Å². The molecule has 0 fully saturated rings. The van der Waals surface area contributed by atoms with Crippen molar-refractivity contribution < 1.29 is 24.1 Å². The van der Waals surface area contributed by atoms with E-state index in [1.807, 2.05) is 24.3 Å². The van der Waals surface area contributed by atoms with Crippen LogP contribution in [0, 0.1) is 0 Å². The number of ether oxygens (including phenoxy) is 3. The maximum atomic E-state index is 12.9. The number of phenols is 1. The van der Waals surface area contributed by atoms with Gasteiger partial charge in [0.15, 0.2) is 18.1 Å². The molecule has 0 saturated carbocycles. The molecule has 3 aromatic carbocycles. The summed E-state index contributed by atoms with van der Waals surface area (Å²) in [6.45, 7) is 0.691. The van der Waals surface area contributed by atoms with Gasteiger partial charge in [0.1, 0.15) is 30.2 Å². The summed E-state index contributed by atoms with van der Waals surface area (Å²) in [6.07, 6.45) is 1.58. The first kappa shape index (κ1) is 21.9. The molecule has 0 bridgehead atoms. The lowest BCUT2D eigenvalue weighted by Crippen LogP contribution is -2.33. The molecule has 2 N–H and O–H groups in total. The number of rotatable bonds is 6. The lowest BCUT2D eigenvalue weighted by atomic mass is 9.95. The van der Waals surface area contributed by atoms with E-state index in [9.17, 15) is 9.90 Å². The molecule has 172 valence electrons.